The van der Waals surface area contributed by atoms with Crippen LogP contribution in [0, 0.1) is 5.82 Å². The second-order valence-corrected chi connectivity index (χ2v) is 4.58. The highest BCUT2D eigenvalue weighted by Crippen LogP contribution is 2.09. The van der Waals surface area contributed by atoms with E-state index in [-0.39, 0.29) is 5.84 Å². The topological polar surface area (TPSA) is 83.5 Å². The molecule has 1 heterocycles. The summed E-state index contributed by atoms with van der Waals surface area (Å²) in [5, 5.41) is 14.7. The molecule has 1 aromatic heterocycles. The Hall–Kier alpha value is -2.47. The highest BCUT2D eigenvalue weighted by atomic mass is 19.1. The molecule has 2 rings (SSSR count). The molecule has 0 aliphatic carbocycles. The summed E-state index contributed by atoms with van der Waals surface area (Å²) >= 11 is 0. The predicted molar refractivity (Wildman–Crippen MR) is 78.6 cm³/mol. The molecule has 0 unspecified atom stereocenters. The van der Waals surface area contributed by atoms with E-state index in [0.717, 1.165) is 24.2 Å². The van der Waals surface area contributed by atoms with E-state index in [1.807, 2.05) is 18.2 Å². The molecular formula is C15H17FN4O. The van der Waals surface area contributed by atoms with Crippen LogP contribution in [0.4, 0.5) is 4.39 Å². The molecule has 0 bridgehead atoms. The monoisotopic (exact) mass is 288 g/mol. The average Bonchev–Trinajstić information content (AvgIpc) is 2.51. The molecule has 4 N–H and O–H groups in total. The minimum Gasteiger partial charge on any atom is -0.409 e. The van der Waals surface area contributed by atoms with Gasteiger partial charge in [-0.2, -0.15) is 0 Å². The van der Waals surface area contributed by atoms with Crippen LogP contribution in [0.3, 0.4) is 0 Å². The number of amidine groups is 1. The zero-order valence-electron chi connectivity index (χ0n) is 11.5. The van der Waals surface area contributed by atoms with Gasteiger partial charge in [-0.05, 0) is 35.9 Å². The van der Waals surface area contributed by atoms with Gasteiger partial charge in [-0.3, -0.25) is 4.98 Å². The molecule has 0 aliphatic heterocycles. The van der Waals surface area contributed by atoms with Crippen molar-refractivity contribution in [2.45, 2.75) is 13.0 Å². The van der Waals surface area contributed by atoms with E-state index in [1.54, 1.807) is 12.3 Å². The fraction of sp³-hybridized carbons (Fsp3) is 0.200. The molecule has 21 heavy (non-hydrogen) atoms. The van der Waals surface area contributed by atoms with Gasteiger partial charge in [-0.25, -0.2) is 4.39 Å². The zero-order chi connectivity index (χ0) is 15.1. The first-order valence-electron chi connectivity index (χ1n) is 6.57. The summed E-state index contributed by atoms with van der Waals surface area (Å²) in [6, 6.07) is 10.1. The number of aromatic nitrogens is 1. The van der Waals surface area contributed by atoms with Crippen molar-refractivity contribution in [3.63, 3.8) is 0 Å². The van der Waals surface area contributed by atoms with Crippen molar-refractivity contribution in [2.24, 2.45) is 10.9 Å². The van der Waals surface area contributed by atoms with Gasteiger partial charge in [0.05, 0.1) is 0 Å². The Balaban J connectivity index is 1.90. The van der Waals surface area contributed by atoms with Crippen LogP contribution < -0.4 is 11.1 Å². The van der Waals surface area contributed by atoms with E-state index in [9.17, 15) is 4.39 Å². The molecule has 110 valence electrons. The predicted octanol–water partition coefficient (Wildman–Crippen LogP) is 1.65. The van der Waals surface area contributed by atoms with Gasteiger partial charge in [-0.15, -0.1) is 0 Å². The fourth-order valence-corrected chi connectivity index (χ4v) is 1.95. The van der Waals surface area contributed by atoms with E-state index >= 15 is 0 Å². The third kappa shape index (κ3) is 4.54. The van der Waals surface area contributed by atoms with Crippen molar-refractivity contribution in [1.29, 1.82) is 0 Å². The number of nitrogens with one attached hydrogen (secondary N) is 1. The van der Waals surface area contributed by atoms with Crippen LogP contribution in [-0.2, 0) is 13.0 Å². The Kier molecular flexibility index (Phi) is 5.22. The van der Waals surface area contributed by atoms with E-state index in [2.05, 4.69) is 15.5 Å². The van der Waals surface area contributed by atoms with Crippen molar-refractivity contribution >= 4 is 5.84 Å². The third-order valence-electron chi connectivity index (χ3n) is 2.97. The first kappa shape index (κ1) is 14.9. The minimum absolute atomic E-state index is 0.107. The normalized spacial score (nSPS) is 11.6. The van der Waals surface area contributed by atoms with Gasteiger partial charge in [-0.1, -0.05) is 11.2 Å². The van der Waals surface area contributed by atoms with Gasteiger partial charge >= 0.3 is 0 Å². The van der Waals surface area contributed by atoms with Crippen LogP contribution in [0.15, 0.2) is 47.8 Å². The standard InChI is InChI=1S/C15H17FN4O/c16-13-8-11(7-12(9-13)15(17)20-21)10-18-6-4-14-3-1-2-5-19-14/h1-3,5,7-9,18,21H,4,6,10H2,(H2,17,20). The Labute approximate surface area is 122 Å². The first-order chi connectivity index (χ1) is 10.2. The van der Waals surface area contributed by atoms with E-state index in [1.165, 1.54) is 12.1 Å². The van der Waals surface area contributed by atoms with E-state index in [4.69, 9.17) is 10.9 Å². The maximum Gasteiger partial charge on any atom is 0.170 e. The van der Waals surface area contributed by atoms with Crippen LogP contribution in [-0.4, -0.2) is 22.6 Å². The van der Waals surface area contributed by atoms with Crippen molar-refractivity contribution in [2.75, 3.05) is 6.54 Å². The molecule has 0 saturated carbocycles. The van der Waals surface area contributed by atoms with Gasteiger partial charge in [0.2, 0.25) is 0 Å². The number of nitrogens with two attached hydrogens (primary N) is 1. The van der Waals surface area contributed by atoms with Crippen LogP contribution in [0.1, 0.15) is 16.8 Å². The number of halogens is 1. The molecule has 2 aromatic rings. The summed E-state index contributed by atoms with van der Waals surface area (Å²) in [4.78, 5) is 4.23. The quantitative estimate of drug-likeness (QED) is 0.248. The van der Waals surface area contributed by atoms with Gasteiger partial charge in [0.1, 0.15) is 5.82 Å². The lowest BCUT2D eigenvalue weighted by molar-refractivity contribution is 0.318. The molecule has 0 aliphatic rings. The third-order valence-corrected chi connectivity index (χ3v) is 2.97. The van der Waals surface area contributed by atoms with Gasteiger partial charge in [0.25, 0.3) is 0 Å². The summed E-state index contributed by atoms with van der Waals surface area (Å²) in [5.41, 5.74) is 7.56. The SMILES string of the molecule is N/C(=N/O)c1cc(F)cc(CNCCc2ccccn2)c1. The maximum atomic E-state index is 13.5. The molecule has 5 nitrogen and oxygen atoms in total. The lowest BCUT2D eigenvalue weighted by atomic mass is 10.1. The molecule has 0 spiro atoms. The molecule has 0 atom stereocenters. The highest BCUT2D eigenvalue weighted by molar-refractivity contribution is 5.97. The van der Waals surface area contributed by atoms with Gasteiger partial charge in [0, 0.05) is 37.0 Å². The first-order valence-corrected chi connectivity index (χ1v) is 6.57. The molecule has 0 fully saturated rings. The Morgan fingerprint density at radius 1 is 1.33 bits per heavy atom. The number of pyridine rings is 1. The van der Waals surface area contributed by atoms with E-state index in [0.29, 0.717) is 12.1 Å². The number of hydrogen-bond donors (Lipinski definition) is 3. The summed E-state index contributed by atoms with van der Waals surface area (Å²) < 4.78 is 13.5. The van der Waals surface area contributed by atoms with Crippen molar-refractivity contribution in [1.82, 2.24) is 10.3 Å². The Morgan fingerprint density at radius 3 is 2.90 bits per heavy atom. The molecule has 0 amide bonds. The lowest BCUT2D eigenvalue weighted by Crippen LogP contribution is -2.18. The lowest BCUT2D eigenvalue weighted by Gasteiger charge is -2.07. The number of nitrogens with zero attached hydrogens (tertiary/aromatic N) is 2. The second-order valence-electron chi connectivity index (χ2n) is 4.58. The van der Waals surface area contributed by atoms with Crippen LogP contribution in [0.2, 0.25) is 0 Å². The van der Waals surface area contributed by atoms with Crippen molar-refractivity contribution in [3.8, 4) is 0 Å². The molecular weight excluding hydrogens is 271 g/mol. The van der Waals surface area contributed by atoms with Gasteiger partial charge in [0.15, 0.2) is 5.84 Å². The largest absolute Gasteiger partial charge is 0.409 e. The van der Waals surface area contributed by atoms with Crippen LogP contribution >= 0.6 is 0 Å². The van der Waals surface area contributed by atoms with E-state index < -0.39 is 5.82 Å². The Morgan fingerprint density at radius 2 is 2.19 bits per heavy atom. The molecule has 1 aromatic carbocycles. The smallest absolute Gasteiger partial charge is 0.170 e. The number of benzene rings is 1. The summed E-state index contributed by atoms with van der Waals surface area (Å²) in [5.74, 6) is -0.523. The second kappa shape index (κ2) is 7.35. The molecule has 0 saturated heterocycles. The van der Waals surface area contributed by atoms with Crippen LogP contribution in [0.25, 0.3) is 0 Å². The zero-order valence-corrected chi connectivity index (χ0v) is 11.5. The number of hydrogen-bond acceptors (Lipinski definition) is 4. The summed E-state index contributed by atoms with van der Waals surface area (Å²) in [7, 11) is 0. The fourth-order valence-electron chi connectivity index (χ4n) is 1.95. The Bertz CT molecular complexity index is 616. The average molecular weight is 288 g/mol. The molecule has 0 radical (unpaired) electrons. The summed E-state index contributed by atoms with van der Waals surface area (Å²) in [6.07, 6.45) is 2.55. The number of oxime groups is 1. The minimum atomic E-state index is -0.416. The number of rotatable bonds is 6. The van der Waals surface area contributed by atoms with Gasteiger partial charge < -0.3 is 16.3 Å². The molecule has 6 heteroatoms. The highest BCUT2D eigenvalue weighted by Gasteiger charge is 2.04. The van der Waals surface area contributed by atoms with Crippen molar-refractivity contribution in [3.05, 3.63) is 65.2 Å². The van der Waals surface area contributed by atoms with Crippen LogP contribution in [0.5, 0.6) is 0 Å². The maximum absolute atomic E-state index is 13.5. The summed E-state index contributed by atoms with van der Waals surface area (Å²) in [6.45, 7) is 1.22. The van der Waals surface area contributed by atoms with Crippen molar-refractivity contribution < 1.29 is 9.60 Å².